The molecule has 1 amide bonds. The van der Waals surface area contributed by atoms with Crippen molar-refractivity contribution in [3.63, 3.8) is 0 Å². The number of hydrogen-bond donors (Lipinski definition) is 1. The van der Waals surface area contributed by atoms with E-state index >= 15 is 0 Å². The predicted octanol–water partition coefficient (Wildman–Crippen LogP) is 3.71. The summed E-state index contributed by atoms with van der Waals surface area (Å²) < 4.78 is 11.2. The Labute approximate surface area is 151 Å². The van der Waals surface area contributed by atoms with Gasteiger partial charge in [-0.15, -0.1) is 0 Å². The summed E-state index contributed by atoms with van der Waals surface area (Å²) in [6.45, 7) is 2.82. The van der Waals surface area contributed by atoms with Gasteiger partial charge in [-0.1, -0.05) is 12.1 Å². The van der Waals surface area contributed by atoms with Gasteiger partial charge >= 0.3 is 0 Å². The van der Waals surface area contributed by atoms with Crippen LogP contribution in [0.15, 0.2) is 42.5 Å². The van der Waals surface area contributed by atoms with Crippen molar-refractivity contribution in [3.8, 4) is 5.75 Å². The van der Waals surface area contributed by atoms with Gasteiger partial charge in [0.1, 0.15) is 12.4 Å². The molecular weight excluding hydrogens is 336 g/mol. The van der Waals surface area contributed by atoms with Gasteiger partial charge in [0.05, 0.1) is 22.3 Å². The molecule has 1 aliphatic rings. The highest BCUT2D eigenvalue weighted by Crippen LogP contribution is 2.26. The quantitative estimate of drug-likeness (QED) is 0.629. The molecule has 1 fully saturated rings. The van der Waals surface area contributed by atoms with Crippen LogP contribution in [0.5, 0.6) is 5.75 Å². The first kappa shape index (κ1) is 17.9. The molecule has 1 saturated heterocycles. The lowest BCUT2D eigenvalue weighted by molar-refractivity contribution is -0.385. The highest BCUT2D eigenvalue weighted by atomic mass is 16.6. The summed E-state index contributed by atoms with van der Waals surface area (Å²) in [4.78, 5) is 23.1. The van der Waals surface area contributed by atoms with Gasteiger partial charge in [-0.2, -0.15) is 0 Å². The number of benzene rings is 2. The zero-order valence-electron chi connectivity index (χ0n) is 14.4. The first-order valence-corrected chi connectivity index (χ1v) is 8.44. The zero-order chi connectivity index (χ0) is 18.5. The minimum Gasteiger partial charge on any atom is -0.491 e. The SMILES string of the molecule is Cc1c(NC(=O)c2cccc(OCC3CCCO3)c2)cccc1[N+](=O)[O-]. The van der Waals surface area contributed by atoms with Crippen molar-refractivity contribution in [2.75, 3.05) is 18.5 Å². The number of ether oxygens (including phenoxy) is 2. The second-order valence-electron chi connectivity index (χ2n) is 6.13. The molecule has 1 heterocycles. The van der Waals surface area contributed by atoms with E-state index in [1.807, 2.05) is 0 Å². The Balaban J connectivity index is 1.69. The maximum Gasteiger partial charge on any atom is 0.274 e. The average molecular weight is 356 g/mol. The van der Waals surface area contributed by atoms with Gasteiger partial charge in [0.25, 0.3) is 11.6 Å². The summed E-state index contributed by atoms with van der Waals surface area (Å²) in [5.41, 5.74) is 1.21. The van der Waals surface area contributed by atoms with Crippen LogP contribution in [0.3, 0.4) is 0 Å². The Morgan fingerprint density at radius 1 is 1.35 bits per heavy atom. The molecule has 0 radical (unpaired) electrons. The first-order valence-electron chi connectivity index (χ1n) is 8.44. The number of amides is 1. The van der Waals surface area contributed by atoms with E-state index in [9.17, 15) is 14.9 Å². The van der Waals surface area contributed by atoms with Gasteiger partial charge in [0.2, 0.25) is 0 Å². The van der Waals surface area contributed by atoms with Gasteiger partial charge in [-0.05, 0) is 44.0 Å². The van der Waals surface area contributed by atoms with E-state index in [1.165, 1.54) is 6.07 Å². The molecule has 0 spiro atoms. The van der Waals surface area contributed by atoms with Crippen LogP contribution >= 0.6 is 0 Å². The number of hydrogen-bond acceptors (Lipinski definition) is 5. The van der Waals surface area contributed by atoms with Crippen molar-refractivity contribution in [2.45, 2.75) is 25.9 Å². The molecule has 1 atom stereocenters. The van der Waals surface area contributed by atoms with Gasteiger partial charge < -0.3 is 14.8 Å². The third-order valence-corrected chi connectivity index (χ3v) is 4.31. The molecule has 0 aromatic heterocycles. The maximum atomic E-state index is 12.5. The Kier molecular flexibility index (Phi) is 5.48. The highest BCUT2D eigenvalue weighted by Gasteiger charge is 2.17. The average Bonchev–Trinajstić information content (AvgIpc) is 3.15. The third-order valence-electron chi connectivity index (χ3n) is 4.31. The molecular formula is C19H20N2O5. The normalized spacial score (nSPS) is 16.3. The molecule has 1 unspecified atom stereocenters. The van der Waals surface area contributed by atoms with Crippen LogP contribution in [0.25, 0.3) is 0 Å². The van der Waals surface area contributed by atoms with Crippen LogP contribution in [0, 0.1) is 17.0 Å². The standard InChI is InChI=1S/C19H20N2O5/c1-13-17(8-3-9-18(13)21(23)24)20-19(22)14-5-2-6-15(11-14)26-12-16-7-4-10-25-16/h2-3,5-6,8-9,11,16H,4,7,10,12H2,1H3,(H,20,22). The molecule has 1 aliphatic heterocycles. The number of carbonyl (C=O) groups excluding carboxylic acids is 1. The van der Waals surface area contributed by atoms with Crippen LogP contribution in [0.4, 0.5) is 11.4 Å². The summed E-state index contributed by atoms with van der Waals surface area (Å²) >= 11 is 0. The van der Waals surface area contributed by atoms with Crippen molar-refractivity contribution in [1.29, 1.82) is 0 Å². The minimum absolute atomic E-state index is 0.0311. The fourth-order valence-electron chi connectivity index (χ4n) is 2.84. The molecule has 0 bridgehead atoms. The molecule has 136 valence electrons. The first-order chi connectivity index (χ1) is 12.5. The lowest BCUT2D eigenvalue weighted by atomic mass is 10.1. The smallest absolute Gasteiger partial charge is 0.274 e. The number of carbonyl (C=O) groups is 1. The van der Waals surface area contributed by atoms with Crippen molar-refractivity contribution in [1.82, 2.24) is 0 Å². The van der Waals surface area contributed by atoms with Gasteiger partial charge in [-0.25, -0.2) is 0 Å². The van der Waals surface area contributed by atoms with Crippen LogP contribution in [-0.4, -0.2) is 30.1 Å². The maximum absolute atomic E-state index is 12.5. The van der Waals surface area contributed by atoms with Crippen LogP contribution in [0.1, 0.15) is 28.8 Å². The second-order valence-corrected chi connectivity index (χ2v) is 6.13. The van der Waals surface area contributed by atoms with E-state index in [0.717, 1.165) is 19.4 Å². The minimum atomic E-state index is -0.468. The lowest BCUT2D eigenvalue weighted by Gasteiger charge is -2.13. The van der Waals surface area contributed by atoms with E-state index in [2.05, 4.69) is 5.32 Å². The zero-order valence-corrected chi connectivity index (χ0v) is 14.4. The predicted molar refractivity (Wildman–Crippen MR) is 96.7 cm³/mol. The van der Waals surface area contributed by atoms with Crippen molar-refractivity contribution in [2.24, 2.45) is 0 Å². The number of rotatable bonds is 6. The molecule has 26 heavy (non-hydrogen) atoms. The highest BCUT2D eigenvalue weighted by molar-refractivity contribution is 6.05. The van der Waals surface area contributed by atoms with Crippen LogP contribution in [-0.2, 0) is 4.74 Å². The molecule has 2 aromatic rings. The molecule has 2 aromatic carbocycles. The van der Waals surface area contributed by atoms with E-state index in [1.54, 1.807) is 43.3 Å². The van der Waals surface area contributed by atoms with E-state index in [4.69, 9.17) is 9.47 Å². The summed E-state index contributed by atoms with van der Waals surface area (Å²) in [6.07, 6.45) is 2.12. The number of nitro groups is 1. The molecule has 7 nitrogen and oxygen atoms in total. The molecule has 3 rings (SSSR count). The van der Waals surface area contributed by atoms with Crippen molar-refractivity contribution >= 4 is 17.3 Å². The van der Waals surface area contributed by atoms with Crippen molar-refractivity contribution < 1.29 is 19.2 Å². The summed E-state index contributed by atoms with van der Waals surface area (Å²) in [7, 11) is 0. The van der Waals surface area contributed by atoms with E-state index < -0.39 is 4.92 Å². The Morgan fingerprint density at radius 2 is 2.15 bits per heavy atom. The topological polar surface area (TPSA) is 90.7 Å². The van der Waals surface area contributed by atoms with E-state index in [-0.39, 0.29) is 17.7 Å². The largest absolute Gasteiger partial charge is 0.491 e. The Bertz CT molecular complexity index is 815. The van der Waals surface area contributed by atoms with Crippen LogP contribution in [0.2, 0.25) is 0 Å². The van der Waals surface area contributed by atoms with E-state index in [0.29, 0.717) is 29.2 Å². The molecule has 0 aliphatic carbocycles. The fourth-order valence-corrected chi connectivity index (χ4v) is 2.84. The summed E-state index contributed by atoms with van der Waals surface area (Å²) in [6, 6.07) is 11.4. The monoisotopic (exact) mass is 356 g/mol. The number of anilines is 1. The molecule has 7 heteroatoms. The molecule has 0 saturated carbocycles. The number of nitrogens with zero attached hydrogens (tertiary/aromatic N) is 1. The summed E-state index contributed by atoms with van der Waals surface area (Å²) in [5, 5.41) is 13.7. The van der Waals surface area contributed by atoms with Crippen LogP contribution < -0.4 is 10.1 Å². The van der Waals surface area contributed by atoms with Gasteiger partial charge in [-0.3, -0.25) is 14.9 Å². The fraction of sp³-hybridized carbons (Fsp3) is 0.316. The Morgan fingerprint density at radius 3 is 2.88 bits per heavy atom. The Hall–Kier alpha value is -2.93. The van der Waals surface area contributed by atoms with Gasteiger partial charge in [0, 0.05) is 18.2 Å². The number of nitro benzene ring substituents is 1. The third kappa shape index (κ3) is 4.18. The number of nitrogens with one attached hydrogen (secondary N) is 1. The molecule has 1 N–H and O–H groups in total. The van der Waals surface area contributed by atoms with Gasteiger partial charge in [0.15, 0.2) is 0 Å². The summed E-state index contributed by atoms with van der Waals surface area (Å²) in [5.74, 6) is 0.236. The lowest BCUT2D eigenvalue weighted by Crippen LogP contribution is -2.17. The van der Waals surface area contributed by atoms with Crippen molar-refractivity contribution in [3.05, 3.63) is 63.7 Å². The second kappa shape index (κ2) is 7.97.